The zero-order chi connectivity index (χ0) is 23.3. The first kappa shape index (κ1) is 22.6. The normalized spacial score (nSPS) is 11.2. The molecule has 0 aliphatic rings. The molecule has 0 fully saturated rings. The van der Waals surface area contributed by atoms with E-state index in [4.69, 9.17) is 9.15 Å². The van der Waals surface area contributed by atoms with Gasteiger partial charge in [0.1, 0.15) is 5.75 Å². The van der Waals surface area contributed by atoms with E-state index in [9.17, 15) is 13.2 Å². The molecule has 4 aromatic rings. The van der Waals surface area contributed by atoms with Crippen molar-refractivity contribution >= 4 is 33.2 Å². The van der Waals surface area contributed by atoms with Gasteiger partial charge in [0.05, 0.1) is 23.4 Å². The van der Waals surface area contributed by atoms with Crippen LogP contribution in [0.1, 0.15) is 0 Å². The molecule has 7 nitrogen and oxygen atoms in total. The minimum Gasteiger partial charge on any atom is -0.495 e. The number of rotatable bonds is 8. The van der Waals surface area contributed by atoms with E-state index in [2.05, 4.69) is 10.3 Å². The maximum atomic E-state index is 13.3. The Balaban J connectivity index is 1.63. The lowest BCUT2D eigenvalue weighted by molar-refractivity contribution is -0.113. The summed E-state index contributed by atoms with van der Waals surface area (Å²) in [5.41, 5.74) is 1.15. The van der Waals surface area contributed by atoms with E-state index < -0.39 is 9.84 Å². The summed E-state index contributed by atoms with van der Waals surface area (Å²) in [6, 6.07) is 24.0. The van der Waals surface area contributed by atoms with Crippen LogP contribution in [-0.2, 0) is 14.6 Å². The van der Waals surface area contributed by atoms with Crippen molar-refractivity contribution in [1.29, 1.82) is 0 Å². The van der Waals surface area contributed by atoms with Crippen molar-refractivity contribution in [2.75, 3.05) is 18.2 Å². The van der Waals surface area contributed by atoms with E-state index in [0.717, 1.165) is 11.8 Å². The first-order valence-electron chi connectivity index (χ1n) is 9.91. The molecule has 0 spiro atoms. The maximum Gasteiger partial charge on any atom is 0.234 e. The lowest BCUT2D eigenvalue weighted by Gasteiger charge is -2.09. The van der Waals surface area contributed by atoms with Gasteiger partial charge in [-0.1, -0.05) is 60.3 Å². The van der Waals surface area contributed by atoms with Gasteiger partial charge in [-0.3, -0.25) is 4.79 Å². The summed E-state index contributed by atoms with van der Waals surface area (Å²) < 4.78 is 37.6. The standard InChI is InChI=1S/C24H20N2O5S2/c1-30-20-15-9-8-14-19(20)25-21(27)16-32-24-23(33(28,29)18-12-6-3-7-13-18)26-22(31-24)17-10-4-2-5-11-17/h2-15H,16H2,1H3,(H,25,27). The van der Waals surface area contributed by atoms with Gasteiger partial charge in [0.25, 0.3) is 0 Å². The van der Waals surface area contributed by atoms with Gasteiger partial charge in [-0.2, -0.15) is 4.98 Å². The SMILES string of the molecule is COc1ccccc1NC(=O)CSc1oc(-c2ccccc2)nc1S(=O)(=O)c1ccccc1. The third-order valence-electron chi connectivity index (χ3n) is 4.61. The lowest BCUT2D eigenvalue weighted by atomic mass is 10.2. The molecule has 9 heteroatoms. The van der Waals surface area contributed by atoms with Crippen molar-refractivity contribution < 1.29 is 22.4 Å². The summed E-state index contributed by atoms with van der Waals surface area (Å²) in [6.45, 7) is 0. The molecule has 1 amide bonds. The number of aromatic nitrogens is 1. The fraction of sp³-hybridized carbons (Fsp3) is 0.0833. The average molecular weight is 481 g/mol. The fourth-order valence-electron chi connectivity index (χ4n) is 3.03. The van der Waals surface area contributed by atoms with Crippen molar-refractivity contribution in [3.8, 4) is 17.2 Å². The summed E-state index contributed by atoms with van der Waals surface area (Å²) in [4.78, 5) is 16.9. The van der Waals surface area contributed by atoms with Crippen LogP contribution >= 0.6 is 11.8 Å². The van der Waals surface area contributed by atoms with Crippen LogP contribution < -0.4 is 10.1 Å². The minimum atomic E-state index is -3.95. The largest absolute Gasteiger partial charge is 0.495 e. The number of sulfone groups is 1. The molecule has 0 aliphatic carbocycles. The van der Waals surface area contributed by atoms with E-state index in [1.807, 2.05) is 6.07 Å². The van der Waals surface area contributed by atoms with Crippen molar-refractivity contribution in [1.82, 2.24) is 4.98 Å². The number of benzene rings is 3. The number of nitrogens with zero attached hydrogens (tertiary/aromatic N) is 1. The van der Waals surface area contributed by atoms with Crippen molar-refractivity contribution in [2.24, 2.45) is 0 Å². The number of thioether (sulfide) groups is 1. The van der Waals surface area contributed by atoms with Crippen LogP contribution in [0.15, 0.2) is 104 Å². The van der Waals surface area contributed by atoms with E-state index in [-0.39, 0.29) is 32.6 Å². The number of anilines is 1. The highest BCUT2D eigenvalue weighted by Crippen LogP contribution is 2.35. The van der Waals surface area contributed by atoms with Crippen molar-refractivity contribution in [2.45, 2.75) is 15.0 Å². The number of amides is 1. The number of ether oxygens (including phenoxy) is 1. The Kier molecular flexibility index (Phi) is 6.81. The third kappa shape index (κ3) is 5.10. The molecule has 0 atom stereocenters. The highest BCUT2D eigenvalue weighted by atomic mass is 32.2. The number of oxazole rings is 1. The summed E-state index contributed by atoms with van der Waals surface area (Å²) in [6.07, 6.45) is 0. The highest BCUT2D eigenvalue weighted by Gasteiger charge is 2.29. The van der Waals surface area contributed by atoms with E-state index in [1.54, 1.807) is 66.7 Å². The third-order valence-corrected chi connectivity index (χ3v) is 7.36. The fourth-order valence-corrected chi connectivity index (χ4v) is 5.38. The van der Waals surface area contributed by atoms with E-state index >= 15 is 0 Å². The summed E-state index contributed by atoms with van der Waals surface area (Å²) in [5.74, 6) is 0.260. The first-order valence-corrected chi connectivity index (χ1v) is 12.4. The van der Waals surface area contributed by atoms with Crippen molar-refractivity contribution in [3.05, 3.63) is 84.9 Å². The topological polar surface area (TPSA) is 98.5 Å². The predicted octanol–water partition coefficient (Wildman–Crippen LogP) is 4.91. The molecule has 0 unspecified atom stereocenters. The molecule has 168 valence electrons. The molecular formula is C24H20N2O5S2. The van der Waals surface area contributed by atoms with Gasteiger partial charge in [-0.15, -0.1) is 0 Å². The van der Waals surface area contributed by atoms with Gasteiger partial charge in [-0.05, 0) is 36.4 Å². The van der Waals surface area contributed by atoms with Crippen molar-refractivity contribution in [3.63, 3.8) is 0 Å². The molecule has 0 radical (unpaired) electrons. The maximum absolute atomic E-state index is 13.3. The number of carbonyl (C=O) groups excluding carboxylic acids is 1. The van der Waals surface area contributed by atoms with Crippen LogP contribution in [0.25, 0.3) is 11.5 Å². The second kappa shape index (κ2) is 9.93. The number of para-hydroxylation sites is 2. The van der Waals surface area contributed by atoms with Crippen LogP contribution in [0, 0.1) is 0 Å². The molecule has 1 heterocycles. The quantitative estimate of drug-likeness (QED) is 0.358. The van der Waals surface area contributed by atoms with Gasteiger partial charge in [0, 0.05) is 5.56 Å². The second-order valence-corrected chi connectivity index (χ2v) is 9.64. The highest BCUT2D eigenvalue weighted by molar-refractivity contribution is 8.00. The Morgan fingerprint density at radius 1 is 0.970 bits per heavy atom. The molecule has 0 saturated carbocycles. The Bertz CT molecular complexity index is 1350. The lowest BCUT2D eigenvalue weighted by Crippen LogP contribution is -2.15. The van der Waals surface area contributed by atoms with Gasteiger partial charge in [-0.25, -0.2) is 8.42 Å². The number of methoxy groups -OCH3 is 1. The molecular weight excluding hydrogens is 460 g/mol. The van der Waals surface area contributed by atoms with E-state index in [1.165, 1.54) is 19.2 Å². The number of carbonyl (C=O) groups is 1. The molecule has 4 rings (SSSR count). The Morgan fingerprint density at radius 2 is 1.61 bits per heavy atom. The first-order chi connectivity index (χ1) is 16.0. The van der Waals surface area contributed by atoms with Crippen LogP contribution in [0.5, 0.6) is 5.75 Å². The van der Waals surface area contributed by atoms with Gasteiger partial charge < -0.3 is 14.5 Å². The molecule has 3 aromatic carbocycles. The Morgan fingerprint density at radius 3 is 2.30 bits per heavy atom. The molecule has 33 heavy (non-hydrogen) atoms. The number of hydrogen-bond acceptors (Lipinski definition) is 7. The van der Waals surface area contributed by atoms with Crippen LogP contribution in [0.2, 0.25) is 0 Å². The zero-order valence-corrected chi connectivity index (χ0v) is 19.2. The Labute approximate surface area is 195 Å². The molecule has 1 aromatic heterocycles. The molecule has 0 bridgehead atoms. The summed E-state index contributed by atoms with van der Waals surface area (Å²) >= 11 is 0.964. The Hall–Kier alpha value is -3.56. The summed E-state index contributed by atoms with van der Waals surface area (Å²) in [5, 5.41) is 2.59. The van der Waals surface area contributed by atoms with E-state index in [0.29, 0.717) is 17.0 Å². The van der Waals surface area contributed by atoms with Gasteiger partial charge in [0.15, 0.2) is 0 Å². The average Bonchev–Trinajstić information content (AvgIpc) is 3.29. The summed E-state index contributed by atoms with van der Waals surface area (Å²) in [7, 11) is -2.44. The number of nitrogens with one attached hydrogen (secondary N) is 1. The monoisotopic (exact) mass is 480 g/mol. The number of hydrogen-bond donors (Lipinski definition) is 1. The van der Waals surface area contributed by atoms with Gasteiger partial charge >= 0.3 is 0 Å². The second-order valence-electron chi connectivity index (χ2n) is 6.83. The van der Waals surface area contributed by atoms with Gasteiger partial charge in [0.2, 0.25) is 31.8 Å². The molecule has 0 saturated heterocycles. The van der Waals surface area contributed by atoms with Crippen LogP contribution in [0.4, 0.5) is 5.69 Å². The van der Waals surface area contributed by atoms with Crippen LogP contribution in [-0.4, -0.2) is 32.2 Å². The zero-order valence-electron chi connectivity index (χ0n) is 17.6. The predicted molar refractivity (Wildman–Crippen MR) is 126 cm³/mol. The smallest absolute Gasteiger partial charge is 0.234 e. The molecule has 1 N–H and O–H groups in total. The minimum absolute atomic E-state index is 0.0490. The molecule has 0 aliphatic heterocycles. The van der Waals surface area contributed by atoms with Crippen LogP contribution in [0.3, 0.4) is 0 Å².